The predicted molar refractivity (Wildman–Crippen MR) is 84.7 cm³/mol. The van der Waals surface area contributed by atoms with E-state index >= 15 is 0 Å². The molecular weight excluding hydrogens is 324 g/mol. The molecule has 0 fully saturated rings. The topological polar surface area (TPSA) is 63.3 Å². The maximum Gasteiger partial charge on any atom is 0.251 e. The number of nitrogens with two attached hydrogens (primary N) is 1. The third-order valence-electron chi connectivity index (χ3n) is 3.65. The molecule has 122 valence electrons. The van der Waals surface area contributed by atoms with Crippen LogP contribution in [0.2, 0.25) is 5.02 Å². The highest BCUT2D eigenvalue weighted by Gasteiger charge is 2.24. The highest BCUT2D eigenvalue weighted by atomic mass is 35.5. The summed E-state index contributed by atoms with van der Waals surface area (Å²) in [5, 5.41) is 10.5. The third-order valence-corrected chi connectivity index (χ3v) is 3.90. The van der Waals surface area contributed by atoms with E-state index in [0.717, 1.165) is 0 Å². The van der Waals surface area contributed by atoms with Gasteiger partial charge in [0.2, 0.25) is 0 Å². The van der Waals surface area contributed by atoms with Crippen molar-refractivity contribution in [3.8, 4) is 0 Å². The molecule has 3 N–H and O–H groups in total. The minimum atomic E-state index is -1.74. The van der Waals surface area contributed by atoms with Crippen LogP contribution in [0.1, 0.15) is 33.2 Å². The molecule has 0 aliphatic carbocycles. The first-order valence-electron chi connectivity index (χ1n) is 6.96. The molecule has 2 aromatic rings. The van der Waals surface area contributed by atoms with Crippen LogP contribution in [-0.2, 0) is 6.42 Å². The minimum absolute atomic E-state index is 0.00934. The van der Waals surface area contributed by atoms with Crippen molar-refractivity contribution < 1.29 is 18.7 Å². The fourth-order valence-electron chi connectivity index (χ4n) is 2.37. The maximum absolute atomic E-state index is 14.3. The molecule has 23 heavy (non-hydrogen) atoms. The largest absolute Gasteiger partial charge is 0.385 e. The number of hydrogen-bond acceptors (Lipinski definition) is 2. The number of aliphatic hydroxyl groups is 1. The van der Waals surface area contributed by atoms with Gasteiger partial charge in [0.15, 0.2) is 0 Å². The summed E-state index contributed by atoms with van der Waals surface area (Å²) in [6, 6.07) is 8.95. The van der Waals surface area contributed by atoms with E-state index in [1.54, 1.807) is 6.92 Å². The molecule has 0 radical (unpaired) electrons. The van der Waals surface area contributed by atoms with Crippen LogP contribution in [-0.4, -0.2) is 17.2 Å². The van der Waals surface area contributed by atoms with Crippen LogP contribution >= 0.6 is 11.6 Å². The van der Waals surface area contributed by atoms with E-state index in [9.17, 15) is 18.7 Å². The Hall–Kier alpha value is -1.98. The van der Waals surface area contributed by atoms with E-state index in [2.05, 4.69) is 0 Å². The Balaban J connectivity index is 2.23. The summed E-state index contributed by atoms with van der Waals surface area (Å²) in [4.78, 5) is 11.3. The second-order valence-corrected chi connectivity index (χ2v) is 5.75. The molecular formula is C17H16ClF2NO2. The first-order valence-corrected chi connectivity index (χ1v) is 7.34. The number of hydrogen-bond donors (Lipinski definition) is 2. The summed E-state index contributed by atoms with van der Waals surface area (Å²) >= 11 is 5.74. The Bertz CT molecular complexity index is 719. The number of rotatable bonds is 5. The van der Waals surface area contributed by atoms with Crippen LogP contribution in [0.15, 0.2) is 36.4 Å². The molecule has 1 amide bonds. The summed E-state index contributed by atoms with van der Waals surface area (Å²) in [7, 11) is 0. The van der Waals surface area contributed by atoms with Gasteiger partial charge in [0.1, 0.15) is 18.1 Å². The average molecular weight is 340 g/mol. The fraction of sp³-hybridized carbons (Fsp3) is 0.235. The lowest BCUT2D eigenvalue weighted by atomic mass is 9.96. The highest BCUT2D eigenvalue weighted by molar-refractivity contribution is 6.30. The lowest BCUT2D eigenvalue weighted by Crippen LogP contribution is -2.20. The van der Waals surface area contributed by atoms with Gasteiger partial charge in [-0.2, -0.15) is 0 Å². The Morgan fingerprint density at radius 3 is 2.43 bits per heavy atom. The number of halogens is 3. The second-order valence-electron chi connectivity index (χ2n) is 5.31. The number of primary amides is 1. The molecule has 2 atom stereocenters. The van der Waals surface area contributed by atoms with Crippen LogP contribution in [0.25, 0.3) is 0 Å². The number of carbonyl (C=O) groups excluding carboxylic acids is 1. The number of amides is 1. The summed E-state index contributed by atoms with van der Waals surface area (Å²) < 4.78 is 28.6. The quantitative estimate of drug-likeness (QED) is 0.875. The SMILES string of the molecule is Cc1ccc(CC(F)C(O)c2ccc(Cl)cc2)c(F)c1C(N)=O. The lowest BCUT2D eigenvalue weighted by Gasteiger charge is -2.17. The Labute approximate surface area is 137 Å². The molecule has 0 spiro atoms. The van der Waals surface area contributed by atoms with Crippen LogP contribution < -0.4 is 5.73 Å². The first-order chi connectivity index (χ1) is 10.8. The van der Waals surface area contributed by atoms with Gasteiger partial charge in [0.05, 0.1) is 5.56 Å². The molecule has 0 heterocycles. The zero-order valence-electron chi connectivity index (χ0n) is 12.4. The molecule has 0 saturated heterocycles. The van der Waals surface area contributed by atoms with E-state index < -0.39 is 24.0 Å². The van der Waals surface area contributed by atoms with E-state index in [0.29, 0.717) is 16.1 Å². The van der Waals surface area contributed by atoms with Gasteiger partial charge in [-0.05, 0) is 35.7 Å². The number of carbonyl (C=O) groups is 1. The summed E-state index contributed by atoms with van der Waals surface area (Å²) in [6.45, 7) is 1.54. The summed E-state index contributed by atoms with van der Waals surface area (Å²) in [5.41, 5.74) is 5.60. The predicted octanol–water partition coefficient (Wildman–Crippen LogP) is 3.50. The molecule has 6 heteroatoms. The minimum Gasteiger partial charge on any atom is -0.385 e. The summed E-state index contributed by atoms with van der Waals surface area (Å²) in [6.07, 6.45) is -3.55. The molecule has 0 aliphatic heterocycles. The van der Waals surface area contributed by atoms with Gasteiger partial charge in [0, 0.05) is 11.4 Å². The molecule has 3 nitrogen and oxygen atoms in total. The van der Waals surface area contributed by atoms with Gasteiger partial charge in [-0.1, -0.05) is 35.9 Å². The fourth-order valence-corrected chi connectivity index (χ4v) is 2.49. The van der Waals surface area contributed by atoms with Crippen molar-refractivity contribution >= 4 is 17.5 Å². The standard InChI is InChI=1S/C17H16ClF2NO2/c1-9-2-3-11(15(20)14(9)17(21)23)8-13(19)16(22)10-4-6-12(18)7-5-10/h2-7,13,16,22H,8H2,1H3,(H2,21,23). The van der Waals surface area contributed by atoms with Gasteiger partial charge >= 0.3 is 0 Å². The monoisotopic (exact) mass is 339 g/mol. The third kappa shape index (κ3) is 3.86. The molecule has 0 bridgehead atoms. The second kappa shape index (κ2) is 7.06. The Morgan fingerprint density at radius 2 is 1.87 bits per heavy atom. The zero-order chi connectivity index (χ0) is 17.1. The van der Waals surface area contributed by atoms with Gasteiger partial charge < -0.3 is 10.8 Å². The number of aryl methyl sites for hydroxylation is 1. The van der Waals surface area contributed by atoms with Gasteiger partial charge in [-0.3, -0.25) is 4.79 Å². The van der Waals surface area contributed by atoms with Crippen molar-refractivity contribution in [2.75, 3.05) is 0 Å². The average Bonchev–Trinajstić information content (AvgIpc) is 2.50. The van der Waals surface area contributed by atoms with Crippen molar-refractivity contribution in [3.63, 3.8) is 0 Å². The van der Waals surface area contributed by atoms with Crippen molar-refractivity contribution in [1.82, 2.24) is 0 Å². The Kier molecular flexibility index (Phi) is 5.34. The van der Waals surface area contributed by atoms with Crippen molar-refractivity contribution in [3.05, 3.63) is 69.5 Å². The normalized spacial score (nSPS) is 13.6. The molecule has 2 unspecified atom stereocenters. The van der Waals surface area contributed by atoms with Crippen LogP contribution in [0.4, 0.5) is 8.78 Å². The summed E-state index contributed by atoms with van der Waals surface area (Å²) in [5.74, 6) is -1.75. The molecule has 2 aromatic carbocycles. The van der Waals surface area contributed by atoms with E-state index in [1.807, 2.05) is 0 Å². The number of aliphatic hydroxyl groups excluding tert-OH is 1. The van der Waals surface area contributed by atoms with Crippen molar-refractivity contribution in [2.24, 2.45) is 5.73 Å². The van der Waals surface area contributed by atoms with Crippen LogP contribution in [0.3, 0.4) is 0 Å². The van der Waals surface area contributed by atoms with Crippen LogP contribution in [0.5, 0.6) is 0 Å². The number of alkyl halides is 1. The molecule has 0 aliphatic rings. The van der Waals surface area contributed by atoms with E-state index in [1.165, 1.54) is 36.4 Å². The molecule has 0 aromatic heterocycles. The van der Waals surface area contributed by atoms with Gasteiger partial charge in [-0.25, -0.2) is 8.78 Å². The zero-order valence-corrected chi connectivity index (χ0v) is 13.1. The van der Waals surface area contributed by atoms with Crippen molar-refractivity contribution in [1.29, 1.82) is 0 Å². The molecule has 0 saturated carbocycles. The lowest BCUT2D eigenvalue weighted by molar-refractivity contribution is 0.0772. The number of benzene rings is 2. The van der Waals surface area contributed by atoms with Gasteiger partial charge in [-0.15, -0.1) is 0 Å². The Morgan fingerprint density at radius 1 is 1.26 bits per heavy atom. The first kappa shape index (κ1) is 17.4. The van der Waals surface area contributed by atoms with E-state index in [-0.39, 0.29) is 17.5 Å². The highest BCUT2D eigenvalue weighted by Crippen LogP contribution is 2.26. The van der Waals surface area contributed by atoms with Crippen LogP contribution in [0, 0.1) is 12.7 Å². The molecule has 2 rings (SSSR count). The van der Waals surface area contributed by atoms with Gasteiger partial charge in [0.25, 0.3) is 5.91 Å². The maximum atomic E-state index is 14.3. The smallest absolute Gasteiger partial charge is 0.251 e. The van der Waals surface area contributed by atoms with Crippen molar-refractivity contribution in [2.45, 2.75) is 25.6 Å². The van der Waals surface area contributed by atoms with E-state index in [4.69, 9.17) is 17.3 Å².